The molecule has 0 saturated heterocycles. The van der Waals surface area contributed by atoms with E-state index in [0.29, 0.717) is 17.1 Å². The van der Waals surface area contributed by atoms with Crippen LogP contribution in [0.2, 0.25) is 0 Å². The van der Waals surface area contributed by atoms with Crippen molar-refractivity contribution in [3.05, 3.63) is 26.8 Å². The number of aromatic nitrogens is 2. The predicted octanol–water partition coefficient (Wildman–Crippen LogP) is 2.85. The normalized spacial score (nSPS) is 9.77. The molecule has 0 amide bonds. The molecule has 1 rings (SSSR count). The van der Waals surface area contributed by atoms with E-state index in [1.807, 2.05) is 6.92 Å². The van der Waals surface area contributed by atoms with Gasteiger partial charge in [0.05, 0.1) is 12.2 Å². The van der Waals surface area contributed by atoms with Crippen LogP contribution in [0.15, 0.2) is 17.5 Å². The maximum absolute atomic E-state index is 5.25. The van der Waals surface area contributed by atoms with Crippen LogP contribution >= 0.6 is 38.5 Å². The lowest BCUT2D eigenvalue weighted by molar-refractivity contribution is 0.298. The first-order valence-corrected chi connectivity index (χ1v) is 5.52. The standard InChI is InChI=1S/C8H8BrIN2O/c1-3-13-5(2)6-4-11-8(9)12-7(6)10/h4H,2-3H2,1H3. The summed E-state index contributed by atoms with van der Waals surface area (Å²) in [7, 11) is 0. The SMILES string of the molecule is C=C(OCC)c1cnc(Br)nc1I. The van der Waals surface area contributed by atoms with E-state index in [2.05, 4.69) is 55.1 Å². The Hall–Kier alpha value is -0.170. The van der Waals surface area contributed by atoms with Gasteiger partial charge in [-0.25, -0.2) is 9.97 Å². The van der Waals surface area contributed by atoms with Crippen molar-refractivity contribution in [1.82, 2.24) is 9.97 Å². The molecule has 0 N–H and O–H groups in total. The largest absolute Gasteiger partial charge is 0.494 e. The molecule has 13 heavy (non-hydrogen) atoms. The summed E-state index contributed by atoms with van der Waals surface area (Å²) in [6.45, 7) is 6.30. The van der Waals surface area contributed by atoms with Crippen molar-refractivity contribution in [3.63, 3.8) is 0 Å². The van der Waals surface area contributed by atoms with Gasteiger partial charge in [-0.2, -0.15) is 0 Å². The van der Waals surface area contributed by atoms with Crippen LogP contribution < -0.4 is 0 Å². The zero-order valence-electron chi connectivity index (χ0n) is 7.05. The van der Waals surface area contributed by atoms with Crippen LogP contribution in [0.5, 0.6) is 0 Å². The molecule has 0 radical (unpaired) electrons. The fraction of sp³-hybridized carbons (Fsp3) is 0.250. The van der Waals surface area contributed by atoms with E-state index in [-0.39, 0.29) is 0 Å². The lowest BCUT2D eigenvalue weighted by Crippen LogP contribution is -1.97. The lowest BCUT2D eigenvalue weighted by Gasteiger charge is -2.07. The van der Waals surface area contributed by atoms with Crippen molar-refractivity contribution in [2.45, 2.75) is 6.92 Å². The van der Waals surface area contributed by atoms with Gasteiger partial charge >= 0.3 is 0 Å². The predicted molar refractivity (Wildman–Crippen MR) is 63.1 cm³/mol. The molecular weight excluding hydrogens is 347 g/mol. The summed E-state index contributed by atoms with van der Waals surface area (Å²) in [5, 5.41) is 0. The minimum atomic E-state index is 0.574. The van der Waals surface area contributed by atoms with E-state index in [1.54, 1.807) is 6.20 Å². The molecule has 0 spiro atoms. The van der Waals surface area contributed by atoms with Crippen molar-refractivity contribution < 1.29 is 4.74 Å². The zero-order chi connectivity index (χ0) is 9.84. The summed E-state index contributed by atoms with van der Waals surface area (Å²) in [5.74, 6) is 0.611. The summed E-state index contributed by atoms with van der Waals surface area (Å²) in [5.41, 5.74) is 0.839. The molecule has 0 saturated carbocycles. The molecule has 3 nitrogen and oxygen atoms in total. The maximum atomic E-state index is 5.25. The maximum Gasteiger partial charge on any atom is 0.197 e. The fourth-order valence-corrected chi connectivity index (χ4v) is 2.06. The molecule has 1 heterocycles. The second-order valence-corrected chi connectivity index (χ2v) is 3.93. The third-order valence-electron chi connectivity index (χ3n) is 1.33. The first-order valence-electron chi connectivity index (χ1n) is 3.65. The number of nitrogens with zero attached hydrogens (tertiary/aromatic N) is 2. The molecular formula is C8H8BrIN2O. The smallest absolute Gasteiger partial charge is 0.197 e. The molecule has 0 bridgehead atoms. The minimum Gasteiger partial charge on any atom is -0.494 e. The average molecular weight is 355 g/mol. The van der Waals surface area contributed by atoms with Gasteiger partial charge < -0.3 is 4.74 Å². The van der Waals surface area contributed by atoms with Gasteiger partial charge in [-0.05, 0) is 45.4 Å². The zero-order valence-corrected chi connectivity index (χ0v) is 10.8. The summed E-state index contributed by atoms with van der Waals surface area (Å²) in [6.07, 6.45) is 1.69. The Balaban J connectivity index is 2.95. The molecule has 0 atom stereocenters. The van der Waals surface area contributed by atoms with E-state index in [9.17, 15) is 0 Å². The van der Waals surface area contributed by atoms with Crippen molar-refractivity contribution in [1.29, 1.82) is 0 Å². The quantitative estimate of drug-likeness (QED) is 0.362. The lowest BCUT2D eigenvalue weighted by atomic mass is 10.3. The van der Waals surface area contributed by atoms with Gasteiger partial charge in [-0.15, -0.1) is 0 Å². The molecule has 70 valence electrons. The Bertz CT molecular complexity index is 330. The van der Waals surface area contributed by atoms with Crippen LogP contribution in [0.4, 0.5) is 0 Å². The van der Waals surface area contributed by atoms with E-state index < -0.39 is 0 Å². The molecule has 1 aromatic rings. The van der Waals surface area contributed by atoms with E-state index in [1.165, 1.54) is 0 Å². The number of hydrogen-bond acceptors (Lipinski definition) is 3. The minimum absolute atomic E-state index is 0.574. The topological polar surface area (TPSA) is 35.0 Å². The van der Waals surface area contributed by atoms with Gasteiger partial charge in [0.1, 0.15) is 9.46 Å². The van der Waals surface area contributed by atoms with Crippen LogP contribution in [-0.4, -0.2) is 16.6 Å². The van der Waals surface area contributed by atoms with E-state index >= 15 is 0 Å². The fourth-order valence-electron chi connectivity index (χ4n) is 0.780. The van der Waals surface area contributed by atoms with E-state index in [0.717, 1.165) is 9.26 Å². The summed E-state index contributed by atoms with van der Waals surface area (Å²) < 4.78 is 6.66. The highest BCUT2D eigenvalue weighted by Crippen LogP contribution is 2.19. The second-order valence-electron chi connectivity index (χ2n) is 2.20. The average Bonchev–Trinajstić information content (AvgIpc) is 2.04. The summed E-state index contributed by atoms with van der Waals surface area (Å²) in [6, 6.07) is 0. The third kappa shape index (κ3) is 2.91. The number of halogens is 2. The number of rotatable bonds is 3. The Morgan fingerprint density at radius 1 is 1.77 bits per heavy atom. The van der Waals surface area contributed by atoms with Gasteiger partial charge in [-0.1, -0.05) is 6.58 Å². The highest BCUT2D eigenvalue weighted by Gasteiger charge is 2.06. The van der Waals surface area contributed by atoms with Gasteiger partial charge in [0.25, 0.3) is 0 Å². The van der Waals surface area contributed by atoms with Crippen LogP contribution in [-0.2, 0) is 4.74 Å². The van der Waals surface area contributed by atoms with Gasteiger partial charge in [0, 0.05) is 6.20 Å². The third-order valence-corrected chi connectivity index (χ3v) is 2.54. The Morgan fingerprint density at radius 3 is 3.00 bits per heavy atom. The Labute approximate surface area is 98.9 Å². The first-order chi connectivity index (χ1) is 6.15. The molecule has 0 fully saturated rings. The van der Waals surface area contributed by atoms with Crippen molar-refractivity contribution >= 4 is 44.3 Å². The van der Waals surface area contributed by atoms with Gasteiger partial charge in [0.2, 0.25) is 0 Å². The Morgan fingerprint density at radius 2 is 2.46 bits per heavy atom. The molecule has 0 aliphatic rings. The van der Waals surface area contributed by atoms with Crippen LogP contribution in [0, 0.1) is 3.70 Å². The van der Waals surface area contributed by atoms with Crippen LogP contribution in [0.3, 0.4) is 0 Å². The summed E-state index contributed by atoms with van der Waals surface area (Å²) >= 11 is 5.31. The van der Waals surface area contributed by atoms with Gasteiger partial charge in [0.15, 0.2) is 4.73 Å². The van der Waals surface area contributed by atoms with Crippen LogP contribution in [0.1, 0.15) is 12.5 Å². The highest BCUT2D eigenvalue weighted by molar-refractivity contribution is 14.1. The van der Waals surface area contributed by atoms with Gasteiger partial charge in [-0.3, -0.25) is 0 Å². The molecule has 0 aliphatic heterocycles. The molecule has 5 heteroatoms. The van der Waals surface area contributed by atoms with Crippen molar-refractivity contribution in [3.8, 4) is 0 Å². The number of ether oxygens (including phenoxy) is 1. The first kappa shape index (κ1) is 10.9. The monoisotopic (exact) mass is 354 g/mol. The van der Waals surface area contributed by atoms with E-state index in [4.69, 9.17) is 4.74 Å². The molecule has 0 aromatic carbocycles. The highest BCUT2D eigenvalue weighted by atomic mass is 127. The van der Waals surface area contributed by atoms with Crippen molar-refractivity contribution in [2.24, 2.45) is 0 Å². The molecule has 1 aromatic heterocycles. The molecule has 0 aliphatic carbocycles. The Kier molecular flexibility index (Phi) is 4.11. The van der Waals surface area contributed by atoms with Crippen molar-refractivity contribution in [2.75, 3.05) is 6.61 Å². The molecule has 0 unspecified atom stereocenters. The number of hydrogen-bond donors (Lipinski definition) is 0. The van der Waals surface area contributed by atoms with Crippen LogP contribution in [0.25, 0.3) is 5.76 Å². The second kappa shape index (κ2) is 4.90. The summed E-state index contributed by atoms with van der Waals surface area (Å²) in [4.78, 5) is 8.13.